The summed E-state index contributed by atoms with van der Waals surface area (Å²) in [7, 11) is 0. The quantitative estimate of drug-likeness (QED) is 0.371. The molecule has 1 atom stereocenters. The van der Waals surface area contributed by atoms with Gasteiger partial charge in [-0.25, -0.2) is 4.39 Å². The van der Waals surface area contributed by atoms with Crippen molar-refractivity contribution in [2.24, 2.45) is 0 Å². The van der Waals surface area contributed by atoms with E-state index in [2.05, 4.69) is 5.32 Å². The van der Waals surface area contributed by atoms with Crippen LogP contribution in [0.15, 0.2) is 78.9 Å². The zero-order valence-corrected chi connectivity index (χ0v) is 22.3. The van der Waals surface area contributed by atoms with Crippen LogP contribution in [0.4, 0.5) is 4.39 Å². The summed E-state index contributed by atoms with van der Waals surface area (Å²) < 4.78 is 14.1. The van der Waals surface area contributed by atoms with Crippen LogP contribution in [0.3, 0.4) is 0 Å². The number of thioether (sulfide) groups is 1. The van der Waals surface area contributed by atoms with Gasteiger partial charge in [-0.15, -0.1) is 11.8 Å². The lowest BCUT2D eigenvalue weighted by Gasteiger charge is -2.34. The molecule has 4 nitrogen and oxygen atoms in total. The highest BCUT2D eigenvalue weighted by atomic mass is 32.2. The van der Waals surface area contributed by atoms with E-state index >= 15 is 0 Å². The predicted molar refractivity (Wildman–Crippen MR) is 146 cm³/mol. The molecule has 0 aliphatic heterocycles. The van der Waals surface area contributed by atoms with Gasteiger partial charge in [-0.3, -0.25) is 9.59 Å². The fourth-order valence-electron chi connectivity index (χ4n) is 3.96. The van der Waals surface area contributed by atoms with Crippen molar-refractivity contribution < 1.29 is 14.0 Å². The molecule has 0 aromatic heterocycles. The second-order valence-corrected chi connectivity index (χ2v) is 11.0. The minimum atomic E-state index is -0.686. The van der Waals surface area contributed by atoms with Crippen molar-refractivity contribution in [2.45, 2.75) is 58.0 Å². The Hall–Kier alpha value is -3.12. The molecule has 0 radical (unpaired) electrons. The third-order valence-electron chi connectivity index (χ3n) is 5.65. The van der Waals surface area contributed by atoms with Crippen LogP contribution in [0.25, 0.3) is 0 Å². The zero-order chi connectivity index (χ0) is 26.1. The average Bonchev–Trinajstić information content (AvgIpc) is 2.82. The third kappa shape index (κ3) is 8.52. The van der Waals surface area contributed by atoms with Gasteiger partial charge in [0.1, 0.15) is 11.9 Å². The Kier molecular flexibility index (Phi) is 9.71. The van der Waals surface area contributed by atoms with E-state index in [1.165, 1.54) is 17.8 Å². The summed E-state index contributed by atoms with van der Waals surface area (Å²) in [6.07, 6.45) is 0.401. The maximum atomic E-state index is 14.1. The summed E-state index contributed by atoms with van der Waals surface area (Å²) in [6.45, 7) is 8.12. The molecule has 0 bridgehead atoms. The fourth-order valence-corrected chi connectivity index (χ4v) is 4.86. The van der Waals surface area contributed by atoms with Crippen LogP contribution in [0.1, 0.15) is 43.0 Å². The Morgan fingerprint density at radius 3 is 2.28 bits per heavy atom. The van der Waals surface area contributed by atoms with Crippen molar-refractivity contribution in [3.63, 3.8) is 0 Å². The second-order valence-electron chi connectivity index (χ2n) is 10.0. The monoisotopic (exact) mass is 506 g/mol. The fraction of sp³-hybridized carbons (Fsp3) is 0.333. The molecule has 190 valence electrons. The first kappa shape index (κ1) is 27.5. The SMILES string of the molecule is Cc1cccc(CN(C(=O)CSCc2ccccc2F)C(Cc2ccccc2)C(=O)NC(C)(C)C)c1. The number of carbonyl (C=O) groups is 2. The van der Waals surface area contributed by atoms with Crippen molar-refractivity contribution in [1.29, 1.82) is 0 Å². The van der Waals surface area contributed by atoms with Gasteiger partial charge in [0.05, 0.1) is 5.75 Å². The average molecular weight is 507 g/mol. The van der Waals surface area contributed by atoms with Crippen molar-refractivity contribution in [3.05, 3.63) is 107 Å². The van der Waals surface area contributed by atoms with Crippen molar-refractivity contribution in [2.75, 3.05) is 5.75 Å². The first-order chi connectivity index (χ1) is 17.1. The Balaban J connectivity index is 1.88. The van der Waals surface area contributed by atoms with E-state index in [0.717, 1.165) is 16.7 Å². The highest BCUT2D eigenvalue weighted by molar-refractivity contribution is 7.99. The molecule has 1 N–H and O–H groups in total. The first-order valence-electron chi connectivity index (χ1n) is 12.1. The largest absolute Gasteiger partial charge is 0.350 e. The molecule has 0 aliphatic rings. The Bertz CT molecular complexity index is 1160. The van der Waals surface area contributed by atoms with E-state index in [9.17, 15) is 14.0 Å². The molecule has 0 spiro atoms. The molecule has 3 aromatic carbocycles. The summed E-state index contributed by atoms with van der Waals surface area (Å²) in [5.41, 5.74) is 3.15. The summed E-state index contributed by atoms with van der Waals surface area (Å²) in [6, 6.07) is 23.6. The number of benzene rings is 3. The summed E-state index contributed by atoms with van der Waals surface area (Å²) in [5.74, 6) is -0.0856. The molecule has 0 fully saturated rings. The van der Waals surface area contributed by atoms with Gasteiger partial charge >= 0.3 is 0 Å². The van der Waals surface area contributed by atoms with E-state index < -0.39 is 11.6 Å². The third-order valence-corrected chi connectivity index (χ3v) is 6.61. The molecular weight excluding hydrogens is 471 g/mol. The first-order valence-corrected chi connectivity index (χ1v) is 13.3. The van der Waals surface area contributed by atoms with Gasteiger partial charge in [-0.1, -0.05) is 78.4 Å². The number of halogens is 1. The van der Waals surface area contributed by atoms with Gasteiger partial charge in [-0.05, 0) is 50.5 Å². The molecule has 0 saturated heterocycles. The van der Waals surface area contributed by atoms with Gasteiger partial charge in [0.2, 0.25) is 11.8 Å². The molecule has 3 aromatic rings. The summed E-state index contributed by atoms with van der Waals surface area (Å²) in [5, 5.41) is 3.07. The van der Waals surface area contributed by atoms with Crippen LogP contribution >= 0.6 is 11.8 Å². The lowest BCUT2D eigenvalue weighted by atomic mass is 10.0. The topological polar surface area (TPSA) is 49.4 Å². The Morgan fingerprint density at radius 1 is 0.944 bits per heavy atom. The number of carbonyl (C=O) groups excluding carboxylic acids is 2. The normalized spacial score (nSPS) is 12.1. The number of nitrogens with one attached hydrogen (secondary N) is 1. The number of hydrogen-bond donors (Lipinski definition) is 1. The van der Waals surface area contributed by atoms with E-state index in [4.69, 9.17) is 0 Å². The molecule has 6 heteroatoms. The van der Waals surface area contributed by atoms with Gasteiger partial charge in [0.15, 0.2) is 0 Å². The van der Waals surface area contributed by atoms with Gasteiger partial charge in [-0.2, -0.15) is 0 Å². The van der Waals surface area contributed by atoms with E-state index in [0.29, 0.717) is 24.3 Å². The van der Waals surface area contributed by atoms with Crippen LogP contribution in [0.5, 0.6) is 0 Å². The van der Waals surface area contributed by atoms with Gasteiger partial charge < -0.3 is 10.2 Å². The molecule has 36 heavy (non-hydrogen) atoms. The van der Waals surface area contributed by atoms with Crippen molar-refractivity contribution in [1.82, 2.24) is 10.2 Å². The van der Waals surface area contributed by atoms with Crippen molar-refractivity contribution >= 4 is 23.6 Å². The van der Waals surface area contributed by atoms with E-state index in [1.54, 1.807) is 23.1 Å². The Morgan fingerprint density at radius 2 is 1.61 bits per heavy atom. The predicted octanol–water partition coefficient (Wildman–Crippen LogP) is 5.92. The van der Waals surface area contributed by atoms with Gasteiger partial charge in [0, 0.05) is 24.3 Å². The summed E-state index contributed by atoms with van der Waals surface area (Å²) >= 11 is 1.36. The molecule has 1 unspecified atom stereocenters. The number of rotatable bonds is 10. The van der Waals surface area contributed by atoms with Crippen LogP contribution in [-0.4, -0.2) is 34.0 Å². The van der Waals surface area contributed by atoms with Crippen LogP contribution in [0.2, 0.25) is 0 Å². The number of nitrogens with zero attached hydrogens (tertiary/aromatic N) is 1. The lowest BCUT2D eigenvalue weighted by molar-refractivity contribution is -0.140. The number of amides is 2. The van der Waals surface area contributed by atoms with E-state index in [-0.39, 0.29) is 23.4 Å². The lowest BCUT2D eigenvalue weighted by Crippen LogP contribution is -2.54. The van der Waals surface area contributed by atoms with Crippen LogP contribution in [-0.2, 0) is 28.3 Å². The molecular formula is C30H35FN2O2S. The Labute approximate surface area is 218 Å². The highest BCUT2D eigenvalue weighted by Gasteiger charge is 2.32. The number of hydrogen-bond acceptors (Lipinski definition) is 3. The molecule has 0 aliphatic carbocycles. The molecule has 3 rings (SSSR count). The smallest absolute Gasteiger partial charge is 0.243 e. The summed E-state index contributed by atoms with van der Waals surface area (Å²) in [4.78, 5) is 28.9. The van der Waals surface area contributed by atoms with E-state index in [1.807, 2.05) is 82.3 Å². The maximum absolute atomic E-state index is 14.1. The van der Waals surface area contributed by atoms with Gasteiger partial charge in [0.25, 0.3) is 0 Å². The standard InChI is InChI=1S/C30H35FN2O2S/c1-22-11-10-14-24(17-22)19-33(28(34)21-36-20-25-15-8-9-16-26(25)31)27(29(35)32-30(2,3)4)18-23-12-6-5-7-13-23/h5-17,27H,18-21H2,1-4H3,(H,32,35). The number of aryl methyl sites for hydroxylation is 1. The maximum Gasteiger partial charge on any atom is 0.243 e. The van der Waals surface area contributed by atoms with Crippen LogP contribution in [0, 0.1) is 12.7 Å². The second kappa shape index (κ2) is 12.7. The molecule has 0 saturated carbocycles. The minimum absolute atomic E-state index is 0.147. The molecule has 0 heterocycles. The van der Waals surface area contributed by atoms with Crippen LogP contribution < -0.4 is 5.32 Å². The zero-order valence-electron chi connectivity index (χ0n) is 21.5. The molecule has 2 amide bonds. The van der Waals surface area contributed by atoms with Crippen molar-refractivity contribution in [3.8, 4) is 0 Å². The highest BCUT2D eigenvalue weighted by Crippen LogP contribution is 2.20. The minimum Gasteiger partial charge on any atom is -0.350 e.